The summed E-state index contributed by atoms with van der Waals surface area (Å²) in [5.74, 6) is 1.68. The second-order valence-electron chi connectivity index (χ2n) is 10.3. The number of rotatable bonds is 11. The molecule has 0 aliphatic heterocycles. The third-order valence-electron chi connectivity index (χ3n) is 6.84. The van der Waals surface area contributed by atoms with Gasteiger partial charge in [0.2, 0.25) is 5.95 Å². The molecule has 2 heterocycles. The molecule has 2 aromatic heterocycles. The number of sulfone groups is 1. The lowest BCUT2D eigenvalue weighted by molar-refractivity contribution is 0.0948. The summed E-state index contributed by atoms with van der Waals surface area (Å²) < 4.78 is 32.9. The van der Waals surface area contributed by atoms with Crippen molar-refractivity contribution in [1.29, 1.82) is 0 Å². The topological polar surface area (TPSA) is 115 Å². The van der Waals surface area contributed by atoms with Crippen LogP contribution in [0.1, 0.15) is 42.2 Å². The maximum absolute atomic E-state index is 12.7. The summed E-state index contributed by atoms with van der Waals surface area (Å²) in [6.07, 6.45) is 1.78. The van der Waals surface area contributed by atoms with Crippen LogP contribution in [0.15, 0.2) is 96.0 Å². The van der Waals surface area contributed by atoms with E-state index in [2.05, 4.69) is 41.6 Å². The first kappa shape index (κ1) is 28.8. The lowest BCUT2D eigenvalue weighted by atomic mass is 10.0. The van der Waals surface area contributed by atoms with Crippen molar-refractivity contribution in [3.8, 4) is 11.5 Å². The van der Waals surface area contributed by atoms with Crippen LogP contribution in [0.4, 0.5) is 11.6 Å². The lowest BCUT2D eigenvalue weighted by Gasteiger charge is -2.10. The van der Waals surface area contributed by atoms with Crippen LogP contribution in [0.2, 0.25) is 0 Å². The van der Waals surface area contributed by atoms with Crippen LogP contribution in [-0.2, 0) is 16.9 Å². The van der Waals surface area contributed by atoms with E-state index in [0.717, 1.165) is 16.7 Å². The molecule has 0 saturated carbocycles. The largest absolute Gasteiger partial charge is 0.457 e. The smallest absolute Gasteiger partial charge is 0.270 e. The predicted molar refractivity (Wildman–Crippen MR) is 164 cm³/mol. The molecule has 3 aromatic carbocycles. The molecule has 42 heavy (non-hydrogen) atoms. The molecule has 216 valence electrons. The number of nitrogens with one attached hydrogen (secondary N) is 2. The highest BCUT2D eigenvalue weighted by atomic mass is 32.2. The molecule has 0 spiro atoms. The van der Waals surface area contributed by atoms with Gasteiger partial charge in [-0.25, -0.2) is 13.4 Å². The molecule has 1 amide bonds. The highest BCUT2D eigenvalue weighted by Gasteiger charge is 2.15. The van der Waals surface area contributed by atoms with Gasteiger partial charge < -0.3 is 19.9 Å². The van der Waals surface area contributed by atoms with Crippen molar-refractivity contribution in [1.82, 2.24) is 19.9 Å². The van der Waals surface area contributed by atoms with Crippen molar-refractivity contribution in [2.45, 2.75) is 31.1 Å². The van der Waals surface area contributed by atoms with Gasteiger partial charge in [0.1, 0.15) is 17.2 Å². The quantitative estimate of drug-likeness (QED) is 0.177. The summed E-state index contributed by atoms with van der Waals surface area (Å²) >= 11 is 0. The average molecular weight is 584 g/mol. The number of amides is 1. The Morgan fingerprint density at radius 2 is 1.74 bits per heavy atom. The maximum Gasteiger partial charge on any atom is 0.270 e. The summed E-state index contributed by atoms with van der Waals surface area (Å²) in [5.41, 5.74) is 4.09. The van der Waals surface area contributed by atoms with Crippen LogP contribution in [0, 0.1) is 0 Å². The number of anilines is 2. The van der Waals surface area contributed by atoms with Crippen LogP contribution in [-0.4, -0.2) is 41.2 Å². The first-order valence-electron chi connectivity index (χ1n) is 13.7. The minimum atomic E-state index is -3.40. The fraction of sp³-hybridized carbons (Fsp3) is 0.219. The molecule has 0 aliphatic rings. The van der Waals surface area contributed by atoms with Crippen LogP contribution in [0.5, 0.6) is 11.5 Å². The Balaban J connectivity index is 1.21. The predicted octanol–water partition coefficient (Wildman–Crippen LogP) is 6.22. The van der Waals surface area contributed by atoms with Gasteiger partial charge in [-0.05, 0) is 60.4 Å². The molecule has 2 N–H and O–H groups in total. The van der Waals surface area contributed by atoms with E-state index >= 15 is 0 Å². The number of hydrogen-bond donors (Lipinski definition) is 2. The van der Waals surface area contributed by atoms with E-state index < -0.39 is 15.7 Å². The van der Waals surface area contributed by atoms with E-state index in [-0.39, 0.29) is 29.3 Å². The minimum absolute atomic E-state index is 0.0641. The van der Waals surface area contributed by atoms with Crippen molar-refractivity contribution in [3.05, 3.63) is 102 Å². The van der Waals surface area contributed by atoms with Crippen molar-refractivity contribution in [2.75, 3.05) is 17.6 Å². The van der Waals surface area contributed by atoms with Gasteiger partial charge in [-0.2, -0.15) is 0 Å². The van der Waals surface area contributed by atoms with Gasteiger partial charge in [-0.3, -0.25) is 9.78 Å². The highest BCUT2D eigenvalue weighted by molar-refractivity contribution is 7.91. The van der Waals surface area contributed by atoms with Gasteiger partial charge in [-0.1, -0.05) is 44.2 Å². The number of carbonyl (C=O) groups excluding carboxylic acids is 1. The SMILES string of the molecule is CC(C)c1cccc(Nc2nc3cc(Oc4ccnc(C(=O)NCCCS(=O)(=O)c5ccccc5)c4)ccc3n2C)c1. The number of hydrogen-bond acceptors (Lipinski definition) is 7. The van der Waals surface area contributed by atoms with Crippen LogP contribution in [0.3, 0.4) is 0 Å². The number of carbonyl (C=O) groups is 1. The second-order valence-corrected chi connectivity index (χ2v) is 12.4. The molecular weight excluding hydrogens is 550 g/mol. The molecule has 0 atom stereocenters. The number of nitrogens with zero attached hydrogens (tertiary/aromatic N) is 3. The van der Waals surface area contributed by atoms with Crippen molar-refractivity contribution < 1.29 is 17.9 Å². The van der Waals surface area contributed by atoms with Gasteiger partial charge in [0.15, 0.2) is 9.84 Å². The van der Waals surface area contributed by atoms with Gasteiger partial charge in [0, 0.05) is 37.6 Å². The van der Waals surface area contributed by atoms with Gasteiger partial charge in [-0.15, -0.1) is 0 Å². The highest BCUT2D eigenvalue weighted by Crippen LogP contribution is 2.29. The molecule has 5 aromatic rings. The third kappa shape index (κ3) is 6.77. The van der Waals surface area contributed by atoms with E-state index in [1.165, 1.54) is 11.8 Å². The Labute approximate surface area is 245 Å². The van der Waals surface area contributed by atoms with E-state index in [4.69, 9.17) is 9.72 Å². The molecule has 0 fully saturated rings. The molecule has 0 bridgehead atoms. The average Bonchev–Trinajstić information content (AvgIpc) is 3.29. The second kappa shape index (κ2) is 12.4. The maximum atomic E-state index is 12.7. The summed E-state index contributed by atoms with van der Waals surface area (Å²) in [5, 5.41) is 6.14. The van der Waals surface area contributed by atoms with Crippen molar-refractivity contribution in [3.63, 3.8) is 0 Å². The van der Waals surface area contributed by atoms with Crippen molar-refractivity contribution >= 4 is 38.4 Å². The fourth-order valence-corrected chi connectivity index (χ4v) is 5.83. The molecule has 0 unspecified atom stereocenters. The Kier molecular flexibility index (Phi) is 8.53. The number of imidazole rings is 1. The number of ether oxygens (including phenoxy) is 1. The summed E-state index contributed by atoms with van der Waals surface area (Å²) in [7, 11) is -1.45. The van der Waals surface area contributed by atoms with Crippen LogP contribution < -0.4 is 15.4 Å². The molecule has 0 radical (unpaired) electrons. The van der Waals surface area contributed by atoms with E-state index in [1.54, 1.807) is 42.5 Å². The van der Waals surface area contributed by atoms with E-state index in [1.807, 2.05) is 41.9 Å². The standard InChI is InChI=1S/C32H33N5O4S/c1-22(2)23-9-7-10-24(19-23)35-32-36-28-20-25(13-14-30(28)37(32)3)41-26-15-17-33-29(21-26)31(38)34-16-8-18-42(39,40)27-11-5-4-6-12-27/h4-7,9-15,17,19-22H,8,16,18H2,1-3H3,(H,34,38)(H,35,36). The summed E-state index contributed by atoms with van der Waals surface area (Å²) in [6.45, 7) is 4.53. The Hall–Kier alpha value is -4.70. The molecule has 10 heteroatoms. The number of pyridine rings is 1. The Morgan fingerprint density at radius 1 is 0.952 bits per heavy atom. The fourth-order valence-electron chi connectivity index (χ4n) is 4.49. The Morgan fingerprint density at radius 3 is 2.52 bits per heavy atom. The number of aromatic nitrogens is 3. The molecule has 9 nitrogen and oxygen atoms in total. The molecule has 0 aliphatic carbocycles. The number of fused-ring (bicyclic) bond motifs is 1. The lowest BCUT2D eigenvalue weighted by Crippen LogP contribution is -2.26. The zero-order valence-electron chi connectivity index (χ0n) is 23.7. The van der Waals surface area contributed by atoms with Crippen molar-refractivity contribution in [2.24, 2.45) is 7.05 Å². The normalized spacial score (nSPS) is 11.5. The molecular formula is C32H33N5O4S. The first-order valence-corrected chi connectivity index (χ1v) is 15.4. The molecule has 5 rings (SSSR count). The minimum Gasteiger partial charge on any atom is -0.457 e. The zero-order chi connectivity index (χ0) is 29.7. The molecule has 0 saturated heterocycles. The van der Waals surface area contributed by atoms with Gasteiger partial charge in [0.05, 0.1) is 21.7 Å². The summed E-state index contributed by atoms with van der Waals surface area (Å²) in [6, 6.07) is 25.4. The van der Waals surface area contributed by atoms with E-state index in [0.29, 0.717) is 23.4 Å². The first-order chi connectivity index (χ1) is 20.2. The van der Waals surface area contributed by atoms with Crippen LogP contribution in [0.25, 0.3) is 11.0 Å². The summed E-state index contributed by atoms with van der Waals surface area (Å²) in [4.78, 5) is 21.8. The monoisotopic (exact) mass is 583 g/mol. The third-order valence-corrected chi connectivity index (χ3v) is 8.66. The number of benzene rings is 3. The number of aryl methyl sites for hydroxylation is 1. The van der Waals surface area contributed by atoms with Crippen LogP contribution >= 0.6 is 0 Å². The van der Waals surface area contributed by atoms with Gasteiger partial charge in [0.25, 0.3) is 5.91 Å². The Bertz CT molecular complexity index is 1820. The zero-order valence-corrected chi connectivity index (χ0v) is 24.6. The van der Waals surface area contributed by atoms with Gasteiger partial charge >= 0.3 is 0 Å². The van der Waals surface area contributed by atoms with E-state index in [9.17, 15) is 13.2 Å².